The van der Waals surface area contributed by atoms with Crippen LogP contribution in [0.2, 0.25) is 0 Å². The van der Waals surface area contributed by atoms with Crippen molar-refractivity contribution >= 4 is 11.8 Å². The van der Waals surface area contributed by atoms with E-state index in [1.54, 1.807) is 0 Å². The Balaban J connectivity index is 1.37. The van der Waals surface area contributed by atoms with Gasteiger partial charge in [0.05, 0.1) is 0 Å². The smallest absolute Gasteiger partial charge is 0.306 e. The van der Waals surface area contributed by atoms with E-state index >= 15 is 0 Å². The minimum absolute atomic E-state index is 0.0503. The van der Waals surface area contributed by atoms with E-state index in [0.717, 1.165) is 49.4 Å². The lowest BCUT2D eigenvalue weighted by Gasteiger charge is -2.57. The van der Waals surface area contributed by atoms with Gasteiger partial charge >= 0.3 is 5.97 Å². The monoisotopic (exact) mass is 340 g/mol. The first kappa shape index (κ1) is 15.0. The lowest BCUT2D eigenvalue weighted by Crippen LogP contribution is -2.55. The molecule has 25 heavy (non-hydrogen) atoms. The Morgan fingerprint density at radius 3 is 2.68 bits per heavy atom. The van der Waals surface area contributed by atoms with Gasteiger partial charge in [-0.2, -0.15) is 0 Å². The Labute approximate surface area is 149 Å². The minimum atomic E-state index is -0.122. The number of ether oxygens (including phenoxy) is 1. The van der Waals surface area contributed by atoms with Crippen molar-refractivity contribution < 1.29 is 14.3 Å². The highest BCUT2D eigenvalue weighted by Gasteiger charge is 2.78. The summed E-state index contributed by atoms with van der Waals surface area (Å²) in [4.78, 5) is 23.9. The van der Waals surface area contributed by atoms with Gasteiger partial charge in [-0.15, -0.1) is 0 Å². The third kappa shape index (κ3) is 1.69. The van der Waals surface area contributed by atoms with E-state index in [-0.39, 0.29) is 17.0 Å². The largest absolute Gasteiger partial charge is 0.458 e. The van der Waals surface area contributed by atoms with Crippen LogP contribution in [0.3, 0.4) is 0 Å². The highest BCUT2D eigenvalue weighted by atomic mass is 16.6. The van der Waals surface area contributed by atoms with Crippen molar-refractivity contribution in [1.29, 1.82) is 0 Å². The fraction of sp³-hybridized carbons (Fsp3) is 0.818. The van der Waals surface area contributed by atoms with E-state index in [1.807, 2.05) is 6.08 Å². The van der Waals surface area contributed by atoms with Gasteiger partial charge in [0.15, 0.2) is 5.78 Å². The Morgan fingerprint density at radius 1 is 1.00 bits per heavy atom. The molecule has 5 aliphatic carbocycles. The van der Waals surface area contributed by atoms with Crippen LogP contribution in [-0.4, -0.2) is 17.4 Å². The third-order valence-electron chi connectivity index (χ3n) is 9.41. The molecule has 1 aliphatic heterocycles. The Morgan fingerprint density at radius 2 is 1.88 bits per heavy atom. The number of carbonyl (C=O) groups excluding carboxylic acids is 2. The number of fused-ring (bicyclic) bond motifs is 9. The molecule has 0 radical (unpaired) electrons. The molecule has 3 nitrogen and oxygen atoms in total. The van der Waals surface area contributed by atoms with Crippen LogP contribution >= 0.6 is 0 Å². The molecule has 6 aliphatic rings. The average molecular weight is 340 g/mol. The summed E-state index contributed by atoms with van der Waals surface area (Å²) in [5.41, 5.74) is 1.55. The summed E-state index contributed by atoms with van der Waals surface area (Å²) in [7, 11) is 0. The molecule has 0 aromatic carbocycles. The topological polar surface area (TPSA) is 43.4 Å². The summed E-state index contributed by atoms with van der Waals surface area (Å²) in [5.74, 6) is 4.85. The molecule has 5 fully saturated rings. The zero-order valence-electron chi connectivity index (χ0n) is 15.1. The van der Waals surface area contributed by atoms with Crippen LogP contribution in [-0.2, 0) is 14.3 Å². The predicted octanol–water partition coefficient (Wildman–Crippen LogP) is 4.06. The van der Waals surface area contributed by atoms with E-state index in [9.17, 15) is 9.59 Å². The number of hydrogen-bond acceptors (Lipinski definition) is 3. The summed E-state index contributed by atoms with van der Waals surface area (Å²) >= 11 is 0. The van der Waals surface area contributed by atoms with Crippen molar-refractivity contribution in [2.24, 2.45) is 40.9 Å². The van der Waals surface area contributed by atoms with Gasteiger partial charge in [0.25, 0.3) is 0 Å². The number of rotatable bonds is 0. The Kier molecular flexibility index (Phi) is 2.75. The average Bonchev–Trinajstić information content (AvgIpc) is 3.23. The molecule has 3 heteroatoms. The van der Waals surface area contributed by atoms with E-state index < -0.39 is 0 Å². The number of carbonyl (C=O) groups is 2. The molecule has 0 N–H and O–H groups in total. The molecule has 0 aromatic heterocycles. The summed E-state index contributed by atoms with van der Waals surface area (Å²) in [6.07, 6.45) is 11.6. The van der Waals surface area contributed by atoms with E-state index in [4.69, 9.17) is 4.74 Å². The first-order valence-corrected chi connectivity index (χ1v) is 10.5. The molecule has 1 saturated heterocycles. The second-order valence-electron chi connectivity index (χ2n) is 10.0. The Bertz CT molecular complexity index is 708. The molecule has 4 saturated carbocycles. The SMILES string of the molecule is C[C@]12CCC3C4CCC(=O)C=C4CCC3C1[C@H]1CC1C21CCC(=O)O1. The molecule has 1 spiro atoms. The maximum atomic E-state index is 12.0. The molecule has 0 aromatic rings. The molecule has 0 amide bonds. The van der Waals surface area contributed by atoms with Gasteiger partial charge in [0.1, 0.15) is 5.60 Å². The molecule has 134 valence electrons. The van der Waals surface area contributed by atoms with Crippen LogP contribution in [0.1, 0.15) is 64.7 Å². The summed E-state index contributed by atoms with van der Waals surface area (Å²) in [6.45, 7) is 2.47. The number of allylic oxidation sites excluding steroid dienone is 1. The number of esters is 1. The third-order valence-corrected chi connectivity index (χ3v) is 9.41. The fourth-order valence-electron chi connectivity index (χ4n) is 8.54. The number of hydrogen-bond donors (Lipinski definition) is 0. The van der Waals surface area contributed by atoms with Crippen LogP contribution in [0.4, 0.5) is 0 Å². The van der Waals surface area contributed by atoms with Gasteiger partial charge in [-0.25, -0.2) is 0 Å². The summed E-state index contributed by atoms with van der Waals surface area (Å²) < 4.78 is 6.14. The summed E-state index contributed by atoms with van der Waals surface area (Å²) in [6, 6.07) is 0. The molecular formula is C22H28O3. The quantitative estimate of drug-likeness (QED) is 0.625. The van der Waals surface area contributed by atoms with Gasteiger partial charge in [-0.3, -0.25) is 9.59 Å². The molecule has 6 rings (SSSR count). The number of ketones is 1. The van der Waals surface area contributed by atoms with E-state index in [2.05, 4.69) is 6.92 Å². The molecule has 6 unspecified atom stereocenters. The maximum Gasteiger partial charge on any atom is 0.306 e. The zero-order chi connectivity index (χ0) is 17.0. The predicted molar refractivity (Wildman–Crippen MR) is 92.5 cm³/mol. The fourth-order valence-corrected chi connectivity index (χ4v) is 8.54. The lowest BCUT2D eigenvalue weighted by molar-refractivity contribution is -0.174. The van der Waals surface area contributed by atoms with E-state index in [0.29, 0.717) is 24.0 Å². The molecule has 1 heterocycles. The van der Waals surface area contributed by atoms with Crippen molar-refractivity contribution in [2.75, 3.05) is 0 Å². The first-order chi connectivity index (χ1) is 12.0. The van der Waals surface area contributed by atoms with Crippen LogP contribution < -0.4 is 0 Å². The van der Waals surface area contributed by atoms with Crippen LogP contribution in [0.5, 0.6) is 0 Å². The second-order valence-corrected chi connectivity index (χ2v) is 10.0. The van der Waals surface area contributed by atoms with Crippen LogP contribution in [0, 0.1) is 40.9 Å². The highest BCUT2D eigenvalue weighted by molar-refractivity contribution is 5.91. The second kappa shape index (κ2) is 4.58. The Hall–Kier alpha value is -1.12. The van der Waals surface area contributed by atoms with Crippen molar-refractivity contribution in [1.82, 2.24) is 0 Å². The normalized spacial score (nSPS) is 55.8. The van der Waals surface area contributed by atoms with Crippen molar-refractivity contribution in [3.8, 4) is 0 Å². The lowest BCUT2D eigenvalue weighted by atomic mass is 9.49. The van der Waals surface area contributed by atoms with Gasteiger partial charge < -0.3 is 4.74 Å². The van der Waals surface area contributed by atoms with Gasteiger partial charge in [-0.1, -0.05) is 12.5 Å². The first-order valence-electron chi connectivity index (χ1n) is 10.5. The van der Waals surface area contributed by atoms with Gasteiger partial charge in [0, 0.05) is 24.2 Å². The van der Waals surface area contributed by atoms with Gasteiger partial charge in [0.2, 0.25) is 0 Å². The molecular weight excluding hydrogens is 312 g/mol. The minimum Gasteiger partial charge on any atom is -0.458 e. The molecule has 0 bridgehead atoms. The van der Waals surface area contributed by atoms with Crippen molar-refractivity contribution in [3.63, 3.8) is 0 Å². The standard InChI is InChI=1S/C22H28O3/c1-21-8-6-15-14-5-3-13(23)10-12(14)2-4-16(15)20(21)17-11-18(17)22(21)9-7-19(24)25-22/h10,14-18,20H,2-9,11H2,1H3/t14?,15?,16?,17-,18?,20?,21-,22?/m0/s1. The molecule has 8 atom stereocenters. The van der Waals surface area contributed by atoms with Crippen LogP contribution in [0.25, 0.3) is 0 Å². The maximum absolute atomic E-state index is 12.0. The highest BCUT2D eigenvalue weighted by Crippen LogP contribution is 2.78. The van der Waals surface area contributed by atoms with Gasteiger partial charge in [-0.05, 0) is 80.6 Å². The van der Waals surface area contributed by atoms with E-state index in [1.165, 1.54) is 31.3 Å². The van der Waals surface area contributed by atoms with Crippen molar-refractivity contribution in [2.45, 2.75) is 70.3 Å². The van der Waals surface area contributed by atoms with Crippen LogP contribution in [0.15, 0.2) is 11.6 Å². The summed E-state index contributed by atoms with van der Waals surface area (Å²) in [5, 5.41) is 0. The zero-order valence-corrected chi connectivity index (χ0v) is 15.1. The van der Waals surface area contributed by atoms with Crippen molar-refractivity contribution in [3.05, 3.63) is 11.6 Å².